The lowest BCUT2D eigenvalue weighted by molar-refractivity contribution is -0.121. The molecule has 2 fully saturated rings. The average Bonchev–Trinajstić information content (AvgIpc) is 3.02. The summed E-state index contributed by atoms with van der Waals surface area (Å²) in [5, 5.41) is 5.96. The number of nitrogens with zero attached hydrogens (tertiary/aromatic N) is 4. The van der Waals surface area contributed by atoms with E-state index in [0.717, 1.165) is 68.8 Å². The fourth-order valence-corrected chi connectivity index (χ4v) is 4.80. The molecule has 0 radical (unpaired) electrons. The number of fused-ring (bicyclic) bond motifs is 1. The van der Waals surface area contributed by atoms with Gasteiger partial charge < -0.3 is 25.2 Å². The number of imidazole rings is 1. The Morgan fingerprint density at radius 1 is 1.29 bits per heavy atom. The van der Waals surface area contributed by atoms with E-state index in [-0.39, 0.29) is 18.0 Å². The van der Waals surface area contributed by atoms with Crippen LogP contribution in [0.1, 0.15) is 18.9 Å². The third kappa shape index (κ3) is 4.24. The predicted octanol–water partition coefficient (Wildman–Crippen LogP) is -0.0524. The number of nitrogens with one attached hydrogen (secondary N) is 2. The number of aryl methyl sites for hydroxylation is 1. The number of aromatic nitrogens is 2. The number of hydrogen-bond acceptors (Lipinski definition) is 6. The van der Waals surface area contributed by atoms with Crippen molar-refractivity contribution in [2.45, 2.75) is 18.9 Å². The molecule has 31 heavy (non-hydrogen) atoms. The molecular formula is C22H32N6O3. The minimum Gasteiger partial charge on any atom is -0.369 e. The van der Waals surface area contributed by atoms with Gasteiger partial charge in [-0.3, -0.25) is 13.9 Å². The van der Waals surface area contributed by atoms with Crippen LogP contribution in [0.15, 0.2) is 23.0 Å². The third-order valence-corrected chi connectivity index (χ3v) is 6.54. The molecule has 0 bridgehead atoms. The molecule has 1 unspecified atom stereocenters. The van der Waals surface area contributed by atoms with Gasteiger partial charge in [0.25, 0.3) is 0 Å². The van der Waals surface area contributed by atoms with Gasteiger partial charge in [0.1, 0.15) is 6.29 Å². The molecule has 1 amide bonds. The molecule has 2 saturated heterocycles. The summed E-state index contributed by atoms with van der Waals surface area (Å²) in [6.45, 7) is 7.37. The number of para-hydroxylation sites is 1. The maximum atomic E-state index is 13.0. The number of carbonyl (C=O) groups is 2. The van der Waals surface area contributed by atoms with Crippen LogP contribution in [-0.4, -0.2) is 79.1 Å². The smallest absolute Gasteiger partial charge is 0.329 e. The minimum atomic E-state index is -0.666. The Labute approximate surface area is 182 Å². The molecule has 0 spiro atoms. The first-order valence-electron chi connectivity index (χ1n) is 11.1. The van der Waals surface area contributed by atoms with Gasteiger partial charge in [-0.2, -0.15) is 0 Å². The molecule has 1 atom stereocenters. The summed E-state index contributed by atoms with van der Waals surface area (Å²) >= 11 is 0. The topological polar surface area (TPSA) is 91.6 Å². The van der Waals surface area contributed by atoms with E-state index in [1.165, 1.54) is 4.57 Å². The van der Waals surface area contributed by atoms with E-state index in [4.69, 9.17) is 0 Å². The van der Waals surface area contributed by atoms with Gasteiger partial charge in [-0.05, 0) is 18.6 Å². The molecule has 168 valence electrons. The highest BCUT2D eigenvalue weighted by Gasteiger charge is 2.31. The van der Waals surface area contributed by atoms with Crippen LogP contribution in [0.25, 0.3) is 11.0 Å². The van der Waals surface area contributed by atoms with Crippen LogP contribution in [-0.2, 0) is 16.6 Å². The molecule has 2 aromatic rings. The second-order valence-electron chi connectivity index (χ2n) is 8.59. The van der Waals surface area contributed by atoms with Crippen molar-refractivity contribution in [3.05, 3.63) is 28.7 Å². The first-order valence-corrected chi connectivity index (χ1v) is 11.1. The number of anilines is 1. The Morgan fingerprint density at radius 2 is 2.03 bits per heavy atom. The molecule has 2 aliphatic rings. The van der Waals surface area contributed by atoms with Gasteiger partial charge in [-0.15, -0.1) is 0 Å². The summed E-state index contributed by atoms with van der Waals surface area (Å²) in [7, 11) is 3.32. The molecule has 9 heteroatoms. The number of carbonyl (C=O) groups excluding carboxylic acids is 2. The number of rotatable bonds is 8. The Bertz CT molecular complexity index is 1000. The number of amides is 1. The summed E-state index contributed by atoms with van der Waals surface area (Å²) in [5.41, 5.74) is 2.39. The lowest BCUT2D eigenvalue weighted by atomic mass is 9.97. The highest BCUT2D eigenvalue weighted by Crippen LogP contribution is 2.32. The normalized spacial score (nSPS) is 18.7. The van der Waals surface area contributed by atoms with E-state index in [1.54, 1.807) is 18.7 Å². The van der Waals surface area contributed by atoms with Crippen LogP contribution in [0.3, 0.4) is 0 Å². The molecule has 1 aromatic carbocycles. The minimum absolute atomic E-state index is 0.142. The van der Waals surface area contributed by atoms with E-state index in [1.807, 2.05) is 18.2 Å². The molecule has 9 nitrogen and oxygen atoms in total. The van der Waals surface area contributed by atoms with Crippen molar-refractivity contribution < 1.29 is 9.59 Å². The monoisotopic (exact) mass is 428 g/mol. The zero-order valence-electron chi connectivity index (χ0n) is 18.3. The quantitative estimate of drug-likeness (QED) is 0.573. The van der Waals surface area contributed by atoms with E-state index < -0.39 is 6.04 Å². The SMILES string of the molecule is CNC(=O)CCC(C=O)n1c(=O)n(C)c2c(N3CC(CN4CCNCC4)C3)cccc21. The van der Waals surface area contributed by atoms with Crippen molar-refractivity contribution in [3.8, 4) is 0 Å². The molecule has 2 N–H and O–H groups in total. The predicted molar refractivity (Wildman–Crippen MR) is 121 cm³/mol. The molecule has 4 rings (SSSR count). The lowest BCUT2D eigenvalue weighted by Crippen LogP contribution is -2.54. The van der Waals surface area contributed by atoms with Crippen LogP contribution in [0.2, 0.25) is 0 Å². The highest BCUT2D eigenvalue weighted by atomic mass is 16.2. The fraction of sp³-hybridized carbons (Fsp3) is 0.591. The molecule has 2 aliphatic heterocycles. The maximum absolute atomic E-state index is 13.0. The number of benzene rings is 1. The van der Waals surface area contributed by atoms with E-state index in [9.17, 15) is 14.4 Å². The van der Waals surface area contributed by atoms with Gasteiger partial charge in [0.2, 0.25) is 5.91 Å². The van der Waals surface area contributed by atoms with Gasteiger partial charge in [0.15, 0.2) is 0 Å². The Balaban J connectivity index is 1.55. The molecule has 0 aliphatic carbocycles. The van der Waals surface area contributed by atoms with Crippen LogP contribution in [0.4, 0.5) is 5.69 Å². The Hall–Kier alpha value is -2.65. The third-order valence-electron chi connectivity index (χ3n) is 6.54. The van der Waals surface area contributed by atoms with Gasteiger partial charge in [-0.25, -0.2) is 4.79 Å². The number of piperazine rings is 1. The van der Waals surface area contributed by atoms with Gasteiger partial charge in [0.05, 0.1) is 22.8 Å². The van der Waals surface area contributed by atoms with Crippen molar-refractivity contribution in [3.63, 3.8) is 0 Å². The maximum Gasteiger partial charge on any atom is 0.329 e. The van der Waals surface area contributed by atoms with E-state index >= 15 is 0 Å². The zero-order valence-corrected chi connectivity index (χ0v) is 18.3. The molecule has 1 aromatic heterocycles. The standard InChI is InChI=1S/C22H32N6O3/c1-23-20(30)7-6-17(15-29)28-19-5-3-4-18(21(19)25(2)22(28)31)27-13-16(14-27)12-26-10-8-24-9-11-26/h3-5,15-17,24H,6-14H2,1-2H3,(H,23,30). The van der Waals surface area contributed by atoms with Crippen LogP contribution >= 0.6 is 0 Å². The van der Waals surface area contributed by atoms with Crippen molar-refractivity contribution in [1.29, 1.82) is 0 Å². The van der Waals surface area contributed by atoms with Crippen LogP contribution < -0.4 is 21.2 Å². The first-order chi connectivity index (χ1) is 15.0. The molecular weight excluding hydrogens is 396 g/mol. The van der Waals surface area contributed by atoms with E-state index in [0.29, 0.717) is 12.3 Å². The van der Waals surface area contributed by atoms with E-state index in [2.05, 4.69) is 20.4 Å². The second kappa shape index (κ2) is 9.23. The Morgan fingerprint density at radius 3 is 2.71 bits per heavy atom. The number of aldehydes is 1. The van der Waals surface area contributed by atoms with Gasteiger partial charge in [0, 0.05) is 72.2 Å². The second-order valence-corrected chi connectivity index (χ2v) is 8.59. The molecule has 0 saturated carbocycles. The van der Waals surface area contributed by atoms with Crippen molar-refractivity contribution >= 4 is 28.9 Å². The summed E-state index contributed by atoms with van der Waals surface area (Å²) in [5.74, 6) is 0.486. The summed E-state index contributed by atoms with van der Waals surface area (Å²) in [6, 6.07) is 5.21. The summed E-state index contributed by atoms with van der Waals surface area (Å²) < 4.78 is 3.16. The largest absolute Gasteiger partial charge is 0.369 e. The van der Waals surface area contributed by atoms with Crippen molar-refractivity contribution in [1.82, 2.24) is 24.7 Å². The number of hydrogen-bond donors (Lipinski definition) is 2. The van der Waals surface area contributed by atoms with Gasteiger partial charge >= 0.3 is 5.69 Å². The molecule has 3 heterocycles. The zero-order chi connectivity index (χ0) is 22.0. The highest BCUT2D eigenvalue weighted by molar-refractivity contribution is 5.90. The van der Waals surface area contributed by atoms with Crippen molar-refractivity contribution in [2.75, 3.05) is 57.8 Å². The first kappa shape index (κ1) is 21.6. The van der Waals surface area contributed by atoms with Crippen LogP contribution in [0.5, 0.6) is 0 Å². The summed E-state index contributed by atoms with van der Waals surface area (Å²) in [4.78, 5) is 41.3. The van der Waals surface area contributed by atoms with Crippen molar-refractivity contribution in [2.24, 2.45) is 13.0 Å². The Kier molecular flexibility index (Phi) is 6.43. The summed E-state index contributed by atoms with van der Waals surface area (Å²) in [6.07, 6.45) is 1.26. The fourth-order valence-electron chi connectivity index (χ4n) is 4.80. The average molecular weight is 429 g/mol. The van der Waals surface area contributed by atoms with Gasteiger partial charge in [-0.1, -0.05) is 6.07 Å². The van der Waals surface area contributed by atoms with Crippen LogP contribution in [0, 0.1) is 5.92 Å². The lowest BCUT2D eigenvalue weighted by Gasteiger charge is -2.44.